The summed E-state index contributed by atoms with van der Waals surface area (Å²) in [6, 6.07) is 4.33. The van der Waals surface area contributed by atoms with E-state index in [1.165, 1.54) is 25.1 Å². The van der Waals surface area contributed by atoms with Gasteiger partial charge in [-0.3, -0.25) is 9.59 Å². The van der Waals surface area contributed by atoms with Gasteiger partial charge in [-0.25, -0.2) is 8.78 Å². The summed E-state index contributed by atoms with van der Waals surface area (Å²) >= 11 is 17.7. The minimum atomic E-state index is -1.13. The van der Waals surface area contributed by atoms with Gasteiger partial charge in [-0.1, -0.05) is 24.3 Å². The Hall–Kier alpha value is -1.89. The SMILES string of the molecule is C=C(C(=O)Nc1cc(NC(=O)C2CC2(Cl)Cl)ccc1Cl)/C(F)=C\C(F)=C/C. The first-order valence-electron chi connectivity index (χ1n) is 7.73. The highest BCUT2D eigenvalue weighted by Gasteiger charge is 2.56. The lowest BCUT2D eigenvalue weighted by atomic mass is 10.2. The fourth-order valence-electron chi connectivity index (χ4n) is 2.02. The standard InChI is InChI=1S/C18H15Cl3F2N2O2/c1-3-10(22)6-14(23)9(2)16(26)25-15-7-11(4-5-13(15)19)24-17(27)12-8-18(12,20)21/h3-7,12H,2,8H2,1H3,(H,24,27)(H,25,26)/b10-3+,14-6+. The fraction of sp³-hybridized carbons (Fsp3) is 0.222. The molecule has 0 radical (unpaired) electrons. The number of rotatable bonds is 6. The molecule has 9 heteroatoms. The summed E-state index contributed by atoms with van der Waals surface area (Å²) in [6.45, 7) is 4.67. The predicted molar refractivity (Wildman–Crippen MR) is 104 cm³/mol. The van der Waals surface area contributed by atoms with Crippen LogP contribution in [0.15, 0.2) is 54.2 Å². The average molecular weight is 436 g/mol. The Bertz CT molecular complexity index is 866. The normalized spacial score (nSPS) is 18.7. The predicted octanol–water partition coefficient (Wildman–Crippen LogP) is 5.69. The van der Waals surface area contributed by atoms with Crippen LogP contribution in [0.2, 0.25) is 5.02 Å². The highest BCUT2D eigenvalue weighted by Crippen LogP contribution is 2.53. The van der Waals surface area contributed by atoms with Gasteiger partial charge in [-0.2, -0.15) is 0 Å². The molecule has 2 rings (SSSR count). The molecule has 1 aromatic carbocycles. The van der Waals surface area contributed by atoms with E-state index in [1.54, 1.807) is 0 Å². The van der Waals surface area contributed by atoms with Crippen LogP contribution in [0.3, 0.4) is 0 Å². The van der Waals surface area contributed by atoms with Crippen LogP contribution in [0.4, 0.5) is 20.2 Å². The Morgan fingerprint density at radius 3 is 2.48 bits per heavy atom. The third-order valence-electron chi connectivity index (χ3n) is 3.73. The molecule has 1 aliphatic rings. The van der Waals surface area contributed by atoms with Crippen molar-refractivity contribution in [3.05, 3.63) is 59.2 Å². The summed E-state index contributed by atoms with van der Waals surface area (Å²) in [5.41, 5.74) is -0.138. The van der Waals surface area contributed by atoms with E-state index in [9.17, 15) is 18.4 Å². The molecule has 1 unspecified atom stereocenters. The number of amides is 2. The van der Waals surface area contributed by atoms with Crippen molar-refractivity contribution >= 4 is 58.0 Å². The third kappa shape index (κ3) is 5.54. The number of hydrogen-bond acceptors (Lipinski definition) is 2. The molecule has 1 saturated carbocycles. The van der Waals surface area contributed by atoms with Crippen LogP contribution in [0.25, 0.3) is 0 Å². The van der Waals surface area contributed by atoms with E-state index in [0.29, 0.717) is 18.2 Å². The van der Waals surface area contributed by atoms with E-state index >= 15 is 0 Å². The Labute approximate surface area is 169 Å². The van der Waals surface area contributed by atoms with Gasteiger partial charge >= 0.3 is 0 Å². The third-order valence-corrected chi connectivity index (χ3v) is 4.89. The lowest BCUT2D eigenvalue weighted by molar-refractivity contribution is -0.117. The number of halogens is 5. The van der Waals surface area contributed by atoms with E-state index in [1.807, 2.05) is 0 Å². The van der Waals surface area contributed by atoms with Crippen molar-refractivity contribution in [1.29, 1.82) is 0 Å². The Morgan fingerprint density at radius 2 is 1.93 bits per heavy atom. The highest BCUT2D eigenvalue weighted by atomic mass is 35.5. The molecular formula is C18H15Cl3F2N2O2. The number of hydrogen-bond donors (Lipinski definition) is 2. The molecule has 0 saturated heterocycles. The van der Waals surface area contributed by atoms with Gasteiger partial charge in [-0.05, 0) is 31.5 Å². The zero-order valence-electron chi connectivity index (χ0n) is 14.1. The van der Waals surface area contributed by atoms with E-state index in [4.69, 9.17) is 34.8 Å². The molecule has 0 bridgehead atoms. The average Bonchev–Trinajstić information content (AvgIpc) is 3.25. The molecule has 1 aromatic rings. The van der Waals surface area contributed by atoms with Crippen LogP contribution in [0, 0.1) is 5.92 Å². The number of alkyl halides is 2. The largest absolute Gasteiger partial charge is 0.326 e. The van der Waals surface area contributed by atoms with Crippen LogP contribution in [-0.2, 0) is 9.59 Å². The Morgan fingerprint density at radius 1 is 1.30 bits per heavy atom. The van der Waals surface area contributed by atoms with Crippen molar-refractivity contribution in [3.63, 3.8) is 0 Å². The van der Waals surface area contributed by atoms with Crippen LogP contribution < -0.4 is 10.6 Å². The Kier molecular flexibility index (Phi) is 6.68. The fourth-order valence-corrected chi connectivity index (χ4v) is 2.70. The molecule has 4 nitrogen and oxygen atoms in total. The van der Waals surface area contributed by atoms with E-state index in [0.717, 1.165) is 6.08 Å². The molecule has 0 heterocycles. The van der Waals surface area contributed by atoms with E-state index in [2.05, 4.69) is 17.2 Å². The maximum Gasteiger partial charge on any atom is 0.258 e. The molecule has 1 aliphatic carbocycles. The molecule has 2 N–H and O–H groups in total. The van der Waals surface area contributed by atoms with Gasteiger partial charge in [0.15, 0.2) is 0 Å². The van der Waals surface area contributed by atoms with Crippen molar-refractivity contribution in [1.82, 2.24) is 0 Å². The van der Waals surface area contributed by atoms with Gasteiger partial charge in [0.05, 0.1) is 22.2 Å². The maximum atomic E-state index is 13.8. The maximum absolute atomic E-state index is 13.8. The summed E-state index contributed by atoms with van der Waals surface area (Å²) in [7, 11) is 0. The number of nitrogens with one attached hydrogen (secondary N) is 2. The molecule has 144 valence electrons. The molecular weight excluding hydrogens is 421 g/mol. The molecule has 1 fully saturated rings. The number of carbonyl (C=O) groups excluding carboxylic acids is 2. The molecule has 27 heavy (non-hydrogen) atoms. The lowest BCUT2D eigenvalue weighted by Gasteiger charge is -2.11. The second-order valence-electron chi connectivity index (χ2n) is 5.80. The zero-order chi connectivity index (χ0) is 20.4. The summed E-state index contributed by atoms with van der Waals surface area (Å²) in [5, 5.41) is 5.11. The van der Waals surface area contributed by atoms with Crippen molar-refractivity contribution in [2.45, 2.75) is 17.7 Å². The molecule has 0 spiro atoms. The monoisotopic (exact) mass is 434 g/mol. The molecule has 1 atom stereocenters. The van der Waals surface area contributed by atoms with Gasteiger partial charge < -0.3 is 10.6 Å². The van der Waals surface area contributed by atoms with Crippen molar-refractivity contribution in [2.75, 3.05) is 10.6 Å². The Balaban J connectivity index is 2.10. The number of anilines is 2. The van der Waals surface area contributed by atoms with Crippen molar-refractivity contribution in [3.8, 4) is 0 Å². The van der Waals surface area contributed by atoms with Gasteiger partial charge in [0.1, 0.15) is 16.0 Å². The number of carbonyl (C=O) groups is 2. The minimum Gasteiger partial charge on any atom is -0.326 e. The number of benzene rings is 1. The van der Waals surface area contributed by atoms with Gasteiger partial charge in [0, 0.05) is 11.8 Å². The van der Waals surface area contributed by atoms with Gasteiger partial charge in [0.2, 0.25) is 5.91 Å². The minimum absolute atomic E-state index is 0.110. The van der Waals surface area contributed by atoms with E-state index < -0.39 is 33.4 Å². The smallest absolute Gasteiger partial charge is 0.258 e. The number of allylic oxidation sites excluding steroid dienone is 3. The summed E-state index contributed by atoms with van der Waals surface area (Å²) in [5.74, 6) is -3.80. The molecule has 0 aromatic heterocycles. The van der Waals surface area contributed by atoms with Gasteiger partial charge in [-0.15, -0.1) is 23.2 Å². The topological polar surface area (TPSA) is 58.2 Å². The van der Waals surface area contributed by atoms with Gasteiger partial charge in [0.25, 0.3) is 5.91 Å². The summed E-state index contributed by atoms with van der Waals surface area (Å²) in [6.07, 6.45) is 1.91. The first-order chi connectivity index (χ1) is 12.5. The first-order valence-corrected chi connectivity index (χ1v) is 8.86. The highest BCUT2D eigenvalue weighted by molar-refractivity contribution is 6.52. The zero-order valence-corrected chi connectivity index (χ0v) is 16.4. The molecule has 2 amide bonds. The van der Waals surface area contributed by atoms with Crippen molar-refractivity contribution in [2.24, 2.45) is 5.92 Å². The summed E-state index contributed by atoms with van der Waals surface area (Å²) in [4.78, 5) is 24.1. The van der Waals surface area contributed by atoms with E-state index in [-0.39, 0.29) is 16.6 Å². The molecule has 0 aliphatic heterocycles. The quantitative estimate of drug-likeness (QED) is 0.342. The van der Waals surface area contributed by atoms with Crippen LogP contribution in [0.1, 0.15) is 13.3 Å². The second-order valence-corrected chi connectivity index (χ2v) is 7.75. The van der Waals surface area contributed by atoms with Crippen LogP contribution >= 0.6 is 34.8 Å². The first kappa shape index (κ1) is 21.4. The van der Waals surface area contributed by atoms with Crippen LogP contribution in [0.5, 0.6) is 0 Å². The second kappa shape index (κ2) is 8.42. The van der Waals surface area contributed by atoms with Crippen LogP contribution in [-0.4, -0.2) is 16.1 Å². The van der Waals surface area contributed by atoms with Crippen molar-refractivity contribution < 1.29 is 18.4 Å². The summed E-state index contributed by atoms with van der Waals surface area (Å²) < 4.78 is 25.8. The lowest BCUT2D eigenvalue weighted by Crippen LogP contribution is -2.18.